The first-order valence-electron chi connectivity index (χ1n) is 21.6. The van der Waals surface area contributed by atoms with Crippen molar-refractivity contribution in [2.75, 3.05) is 0 Å². The fourth-order valence-electron chi connectivity index (χ4n) is 8.43. The molecule has 0 radical (unpaired) electrons. The number of aryl methyl sites for hydroxylation is 1. The molecule has 0 unspecified atom stereocenters. The fourth-order valence-corrected chi connectivity index (χ4v) is 8.43. The number of nitrogens with zero attached hydrogens (tertiary/aromatic N) is 4. The summed E-state index contributed by atoms with van der Waals surface area (Å²) in [6.07, 6.45) is 1.68. The van der Waals surface area contributed by atoms with Gasteiger partial charge in [-0.2, -0.15) is 0 Å². The lowest BCUT2D eigenvalue weighted by atomic mass is 9.79. The van der Waals surface area contributed by atoms with Crippen molar-refractivity contribution in [2.24, 2.45) is 0 Å². The van der Waals surface area contributed by atoms with E-state index in [1.54, 1.807) is 6.33 Å². The summed E-state index contributed by atoms with van der Waals surface area (Å²) in [5.74, 6) is 0.954. The maximum Gasteiger partial charge on any atom is 0.149 e. The van der Waals surface area contributed by atoms with Crippen LogP contribution in [0.25, 0.3) is 72.5 Å². The van der Waals surface area contributed by atoms with Crippen LogP contribution in [0.3, 0.4) is 0 Å². The first-order chi connectivity index (χ1) is 28.6. The summed E-state index contributed by atoms with van der Waals surface area (Å²) in [4.78, 5) is 15.3. The number of benzene rings is 6. The van der Waals surface area contributed by atoms with Crippen molar-refractivity contribution in [2.45, 2.75) is 112 Å². The maximum absolute atomic E-state index is 12.5. The minimum atomic E-state index is -0.320. The highest BCUT2D eigenvalue weighted by Crippen LogP contribution is 2.46. The Morgan fingerprint density at radius 3 is 1.80 bits per heavy atom. The molecule has 1 N–H and O–H groups in total. The second-order valence-electron chi connectivity index (χ2n) is 21.0. The lowest BCUT2D eigenvalue weighted by molar-refractivity contribution is 0.446. The predicted molar refractivity (Wildman–Crippen MR) is 257 cm³/mol. The smallest absolute Gasteiger partial charge is 0.149 e. The summed E-state index contributed by atoms with van der Waals surface area (Å²) in [5.41, 5.74) is 15.6. The zero-order valence-electron chi connectivity index (χ0n) is 38.3. The topological polar surface area (TPSA) is 63.8 Å². The molecule has 0 saturated carbocycles. The van der Waals surface area contributed by atoms with Gasteiger partial charge in [0.25, 0.3) is 0 Å². The van der Waals surface area contributed by atoms with E-state index in [0.717, 1.165) is 77.8 Å². The van der Waals surface area contributed by atoms with E-state index in [1.807, 2.05) is 0 Å². The molecule has 0 aliphatic rings. The van der Waals surface area contributed by atoms with E-state index in [-0.39, 0.29) is 27.4 Å². The van der Waals surface area contributed by atoms with Crippen LogP contribution in [0, 0.1) is 6.92 Å². The van der Waals surface area contributed by atoms with Crippen LogP contribution in [0.2, 0.25) is 0 Å². The SMILES string of the molecule is Cc1cccc2c(-c3cc(-c4cccc5c4nc(-c4cc(C(C)(C)C)cc(C(C)(C)C)c4O)n5-c4ccc(C(C)(C)C)cc4-c4ccccc4)cc(C(C)(C)C)c3)ncnc12. The Kier molecular flexibility index (Phi) is 10.1. The minimum Gasteiger partial charge on any atom is -0.507 e. The van der Waals surface area contributed by atoms with Crippen molar-refractivity contribution in [1.29, 1.82) is 0 Å². The molecule has 0 fully saturated rings. The molecule has 8 rings (SSSR count). The standard InChI is InChI=1S/C56H60N4O/c1-34-19-17-23-42-48(34)57-33-58-49(42)37-27-36(28-39(29-37)54(5,6)7)41-22-18-24-47-50(41)59-52(44-31-40(55(8,9)10)32-45(51(44)61)56(11,12)13)60(47)46-26-25-38(53(2,3)4)30-43(46)35-20-15-14-16-21-35/h14-33,61H,1-13H3. The van der Waals surface area contributed by atoms with Crippen molar-refractivity contribution < 1.29 is 5.11 Å². The summed E-state index contributed by atoms with van der Waals surface area (Å²) < 4.78 is 2.29. The van der Waals surface area contributed by atoms with Gasteiger partial charge in [-0.15, -0.1) is 0 Å². The van der Waals surface area contributed by atoms with Gasteiger partial charge in [-0.3, -0.25) is 4.57 Å². The molecule has 8 aromatic rings. The average molecular weight is 805 g/mol. The molecular weight excluding hydrogens is 745 g/mol. The third-order valence-electron chi connectivity index (χ3n) is 12.1. The van der Waals surface area contributed by atoms with E-state index in [4.69, 9.17) is 9.97 Å². The molecule has 0 atom stereocenters. The molecule has 2 aromatic heterocycles. The van der Waals surface area contributed by atoms with Crippen LogP contribution in [-0.4, -0.2) is 24.6 Å². The number of aromatic nitrogens is 4. The Labute approximate surface area is 362 Å². The van der Waals surface area contributed by atoms with Gasteiger partial charge in [-0.05, 0) is 98.4 Å². The molecule has 5 nitrogen and oxygen atoms in total. The van der Waals surface area contributed by atoms with Crippen molar-refractivity contribution in [1.82, 2.24) is 19.5 Å². The largest absolute Gasteiger partial charge is 0.507 e. The van der Waals surface area contributed by atoms with Gasteiger partial charge in [0.05, 0.1) is 33.5 Å². The van der Waals surface area contributed by atoms with Crippen LogP contribution in [-0.2, 0) is 21.7 Å². The summed E-state index contributed by atoms with van der Waals surface area (Å²) in [5, 5.41) is 13.5. The Hall–Kier alpha value is -6.07. The summed E-state index contributed by atoms with van der Waals surface area (Å²) in [6.45, 7) is 28.9. The Bertz CT molecular complexity index is 2960. The van der Waals surface area contributed by atoms with E-state index in [2.05, 4.69) is 215 Å². The van der Waals surface area contributed by atoms with Gasteiger partial charge >= 0.3 is 0 Å². The highest BCUT2D eigenvalue weighted by molar-refractivity contribution is 5.99. The molecule has 0 aliphatic carbocycles. The fraction of sp³-hybridized carbons (Fsp3) is 0.304. The Balaban J connectivity index is 1.50. The number of imidazole rings is 1. The zero-order valence-corrected chi connectivity index (χ0v) is 38.3. The summed E-state index contributed by atoms with van der Waals surface area (Å²) in [7, 11) is 0. The third-order valence-corrected chi connectivity index (χ3v) is 12.1. The summed E-state index contributed by atoms with van der Waals surface area (Å²) >= 11 is 0. The number of hydrogen-bond acceptors (Lipinski definition) is 4. The molecule has 0 bridgehead atoms. The zero-order chi connectivity index (χ0) is 43.8. The van der Waals surface area contributed by atoms with Gasteiger partial charge in [-0.1, -0.05) is 162 Å². The number of rotatable bonds is 5. The third kappa shape index (κ3) is 7.76. The second-order valence-corrected chi connectivity index (χ2v) is 21.0. The number of para-hydroxylation sites is 2. The number of hydrogen-bond donors (Lipinski definition) is 1. The van der Waals surface area contributed by atoms with Gasteiger partial charge in [0.1, 0.15) is 17.9 Å². The minimum absolute atomic E-state index is 0.0700. The van der Waals surface area contributed by atoms with Crippen LogP contribution in [0.5, 0.6) is 5.75 Å². The van der Waals surface area contributed by atoms with Crippen molar-refractivity contribution in [3.8, 4) is 56.3 Å². The molecule has 0 saturated heterocycles. The van der Waals surface area contributed by atoms with Crippen molar-refractivity contribution >= 4 is 21.9 Å². The Morgan fingerprint density at radius 1 is 0.492 bits per heavy atom. The molecule has 0 amide bonds. The monoisotopic (exact) mass is 804 g/mol. The van der Waals surface area contributed by atoms with Gasteiger partial charge in [0.2, 0.25) is 0 Å². The van der Waals surface area contributed by atoms with Gasteiger partial charge < -0.3 is 5.11 Å². The molecular formula is C56H60N4O. The van der Waals surface area contributed by atoms with E-state index in [9.17, 15) is 5.11 Å². The molecule has 6 aromatic carbocycles. The molecule has 0 spiro atoms. The maximum atomic E-state index is 12.5. The molecule has 5 heteroatoms. The number of aromatic hydroxyl groups is 1. The van der Waals surface area contributed by atoms with Crippen LogP contribution in [0.15, 0.2) is 122 Å². The second kappa shape index (κ2) is 14.8. The Morgan fingerprint density at radius 2 is 1.13 bits per heavy atom. The van der Waals surface area contributed by atoms with Crippen molar-refractivity contribution in [3.63, 3.8) is 0 Å². The van der Waals surface area contributed by atoms with Gasteiger partial charge in [0.15, 0.2) is 0 Å². The number of phenols is 1. The lowest BCUT2D eigenvalue weighted by Crippen LogP contribution is -2.17. The molecule has 2 heterocycles. The van der Waals surface area contributed by atoms with Crippen molar-refractivity contribution in [3.05, 3.63) is 149 Å². The first-order valence-corrected chi connectivity index (χ1v) is 21.6. The quantitative estimate of drug-likeness (QED) is 0.188. The van der Waals surface area contributed by atoms with Crippen LogP contribution in [0.4, 0.5) is 0 Å². The van der Waals surface area contributed by atoms with Crippen LogP contribution in [0.1, 0.15) is 111 Å². The molecule has 61 heavy (non-hydrogen) atoms. The highest BCUT2D eigenvalue weighted by Gasteiger charge is 2.30. The van der Waals surface area contributed by atoms with E-state index < -0.39 is 0 Å². The normalized spacial score (nSPS) is 12.7. The molecule has 310 valence electrons. The van der Waals surface area contributed by atoms with E-state index in [0.29, 0.717) is 11.4 Å². The van der Waals surface area contributed by atoms with E-state index >= 15 is 0 Å². The first kappa shape index (κ1) is 41.7. The van der Waals surface area contributed by atoms with Crippen LogP contribution >= 0.6 is 0 Å². The van der Waals surface area contributed by atoms with Gasteiger partial charge in [0, 0.05) is 27.6 Å². The number of fused-ring (bicyclic) bond motifs is 2. The predicted octanol–water partition coefficient (Wildman–Crippen LogP) is 14.8. The highest BCUT2D eigenvalue weighted by atomic mass is 16.3. The van der Waals surface area contributed by atoms with Crippen LogP contribution < -0.4 is 0 Å². The van der Waals surface area contributed by atoms with Gasteiger partial charge in [-0.25, -0.2) is 15.0 Å². The molecule has 0 aliphatic heterocycles. The van der Waals surface area contributed by atoms with E-state index in [1.165, 1.54) is 11.1 Å². The summed E-state index contributed by atoms with van der Waals surface area (Å²) in [6, 6.07) is 41.5. The number of phenolic OH excluding ortho intramolecular Hbond substituents is 1. The lowest BCUT2D eigenvalue weighted by Gasteiger charge is -2.28. The average Bonchev–Trinajstić information content (AvgIpc) is 3.58.